The number of hydrogen-bond acceptors (Lipinski definition) is 4. The van der Waals surface area contributed by atoms with E-state index in [1.54, 1.807) is 29.1 Å². The maximum absolute atomic E-state index is 11.8. The summed E-state index contributed by atoms with van der Waals surface area (Å²) in [6.07, 6.45) is 5.61. The van der Waals surface area contributed by atoms with Crippen molar-refractivity contribution in [3.63, 3.8) is 0 Å². The van der Waals surface area contributed by atoms with Gasteiger partial charge in [0.15, 0.2) is 0 Å². The summed E-state index contributed by atoms with van der Waals surface area (Å²) >= 11 is 0. The first kappa shape index (κ1) is 16.7. The number of aromatic nitrogens is 3. The second-order valence-corrected chi connectivity index (χ2v) is 5.47. The number of hydrogen-bond donors (Lipinski definition) is 2. The topological polar surface area (TPSA) is 88.9 Å². The van der Waals surface area contributed by atoms with Gasteiger partial charge < -0.3 is 10.6 Å². The lowest BCUT2D eigenvalue weighted by Crippen LogP contribution is -2.24. The fourth-order valence-corrected chi connectivity index (χ4v) is 1.79. The van der Waals surface area contributed by atoms with Crippen LogP contribution in [-0.4, -0.2) is 32.9 Å². The van der Waals surface area contributed by atoms with Crippen molar-refractivity contribution in [2.24, 2.45) is 5.92 Å². The van der Waals surface area contributed by atoms with E-state index in [0.717, 1.165) is 6.42 Å². The summed E-state index contributed by atoms with van der Waals surface area (Å²) in [7, 11) is 0. The molecular formula is C16H21N5O2. The fourth-order valence-electron chi connectivity index (χ4n) is 1.79. The fraction of sp³-hybridized carbons (Fsp3) is 0.375. The molecule has 0 aliphatic carbocycles. The van der Waals surface area contributed by atoms with E-state index in [1.165, 1.54) is 6.33 Å². The van der Waals surface area contributed by atoms with Gasteiger partial charge >= 0.3 is 0 Å². The minimum Gasteiger partial charge on any atom is -0.351 e. The molecule has 2 aromatic heterocycles. The molecule has 2 amide bonds. The Kier molecular flexibility index (Phi) is 5.46. The molecule has 0 fully saturated rings. The predicted octanol–water partition coefficient (Wildman–Crippen LogP) is 2.00. The van der Waals surface area contributed by atoms with Gasteiger partial charge in [-0.05, 0) is 18.6 Å². The third-order valence-corrected chi connectivity index (χ3v) is 3.16. The molecule has 0 aliphatic rings. The van der Waals surface area contributed by atoms with Gasteiger partial charge in [-0.15, -0.1) is 0 Å². The molecule has 0 radical (unpaired) electrons. The molecule has 0 saturated carbocycles. The number of imidazole rings is 1. The number of nitrogens with one attached hydrogen (secondary N) is 2. The largest absolute Gasteiger partial charge is 0.351 e. The maximum Gasteiger partial charge on any atom is 0.271 e. The van der Waals surface area contributed by atoms with Gasteiger partial charge in [0.2, 0.25) is 5.91 Å². The maximum atomic E-state index is 11.8. The van der Waals surface area contributed by atoms with Gasteiger partial charge in [-0.1, -0.05) is 20.8 Å². The van der Waals surface area contributed by atoms with Gasteiger partial charge in [0.1, 0.15) is 17.8 Å². The summed E-state index contributed by atoms with van der Waals surface area (Å²) in [4.78, 5) is 31.8. The van der Waals surface area contributed by atoms with Crippen LogP contribution in [0.15, 0.2) is 30.9 Å². The molecule has 0 saturated heterocycles. The smallest absolute Gasteiger partial charge is 0.271 e. The van der Waals surface area contributed by atoms with Crippen molar-refractivity contribution in [1.29, 1.82) is 0 Å². The van der Waals surface area contributed by atoms with Crippen LogP contribution in [0, 0.1) is 5.92 Å². The first-order valence-corrected chi connectivity index (χ1v) is 7.60. The Hall–Kier alpha value is -2.70. The molecule has 2 heterocycles. The van der Waals surface area contributed by atoms with Crippen molar-refractivity contribution in [1.82, 2.24) is 19.9 Å². The van der Waals surface area contributed by atoms with Crippen LogP contribution in [0.2, 0.25) is 0 Å². The van der Waals surface area contributed by atoms with Crippen LogP contribution >= 0.6 is 0 Å². The third-order valence-electron chi connectivity index (χ3n) is 3.16. The van der Waals surface area contributed by atoms with Gasteiger partial charge in [0.05, 0.1) is 11.9 Å². The molecule has 7 nitrogen and oxygen atoms in total. The van der Waals surface area contributed by atoms with Crippen molar-refractivity contribution < 1.29 is 9.59 Å². The molecule has 0 unspecified atom stereocenters. The first-order chi connectivity index (χ1) is 11.0. The summed E-state index contributed by atoms with van der Waals surface area (Å²) in [6.45, 7) is 6.26. The number of amides is 2. The Morgan fingerprint density at radius 2 is 2.04 bits per heavy atom. The normalized spacial score (nSPS) is 10.6. The zero-order chi connectivity index (χ0) is 16.8. The number of rotatable bonds is 6. The Morgan fingerprint density at radius 1 is 1.26 bits per heavy atom. The number of nitrogens with zero attached hydrogens (tertiary/aromatic N) is 3. The summed E-state index contributed by atoms with van der Waals surface area (Å²) in [6, 6.07) is 3.52. The first-order valence-electron chi connectivity index (χ1n) is 7.60. The Bertz CT molecular complexity index is 676. The van der Waals surface area contributed by atoms with E-state index in [9.17, 15) is 9.59 Å². The minimum atomic E-state index is -0.202. The highest BCUT2D eigenvalue weighted by molar-refractivity contribution is 5.92. The van der Waals surface area contributed by atoms with E-state index >= 15 is 0 Å². The molecule has 2 N–H and O–H groups in total. The van der Waals surface area contributed by atoms with E-state index < -0.39 is 0 Å². The molecule has 0 bridgehead atoms. The lowest BCUT2D eigenvalue weighted by atomic mass is 10.2. The number of anilines is 1. The minimum absolute atomic E-state index is 0.0583. The highest BCUT2D eigenvalue weighted by Crippen LogP contribution is 2.11. The lowest BCUT2D eigenvalue weighted by molar-refractivity contribution is -0.118. The van der Waals surface area contributed by atoms with E-state index in [-0.39, 0.29) is 17.7 Å². The molecule has 0 aromatic carbocycles. The molecule has 7 heteroatoms. The summed E-state index contributed by atoms with van der Waals surface area (Å²) in [5.74, 6) is 0.269. The Labute approximate surface area is 135 Å². The second kappa shape index (κ2) is 7.53. The van der Waals surface area contributed by atoms with Crippen LogP contribution in [0.3, 0.4) is 0 Å². The number of carbonyl (C=O) groups is 2. The van der Waals surface area contributed by atoms with Crippen molar-refractivity contribution in [3.05, 3.63) is 36.5 Å². The van der Waals surface area contributed by atoms with Crippen LogP contribution in [0.1, 0.15) is 37.7 Å². The standard InChI is InChI=1S/C16H21N5O2/c1-4-7-17-16(23)13-9-21(10-19-13)14-6-5-12(8-18-14)20-15(22)11(2)3/h5-6,8-11H,4,7H2,1-3H3,(H,17,23)(H,20,22). The van der Waals surface area contributed by atoms with Crippen LogP contribution in [-0.2, 0) is 4.79 Å². The monoisotopic (exact) mass is 315 g/mol. The van der Waals surface area contributed by atoms with Crippen LogP contribution < -0.4 is 10.6 Å². The summed E-state index contributed by atoms with van der Waals surface area (Å²) in [5.41, 5.74) is 0.978. The average molecular weight is 315 g/mol. The van der Waals surface area contributed by atoms with Gasteiger partial charge in [-0.2, -0.15) is 0 Å². The molecule has 0 spiro atoms. The average Bonchev–Trinajstić information content (AvgIpc) is 3.03. The molecule has 2 rings (SSSR count). The SMILES string of the molecule is CCCNC(=O)c1cn(-c2ccc(NC(=O)C(C)C)cn2)cn1. The zero-order valence-corrected chi connectivity index (χ0v) is 13.5. The van der Waals surface area contributed by atoms with Crippen LogP contribution in [0.4, 0.5) is 5.69 Å². The van der Waals surface area contributed by atoms with Crippen LogP contribution in [0.25, 0.3) is 5.82 Å². The van der Waals surface area contributed by atoms with Crippen LogP contribution in [0.5, 0.6) is 0 Å². The summed E-state index contributed by atoms with van der Waals surface area (Å²) < 4.78 is 1.66. The third kappa shape index (κ3) is 4.38. The highest BCUT2D eigenvalue weighted by atomic mass is 16.2. The molecular weight excluding hydrogens is 294 g/mol. The quantitative estimate of drug-likeness (QED) is 0.853. The van der Waals surface area contributed by atoms with E-state index in [2.05, 4.69) is 20.6 Å². The highest BCUT2D eigenvalue weighted by Gasteiger charge is 2.10. The second-order valence-electron chi connectivity index (χ2n) is 5.47. The molecule has 0 aliphatic heterocycles. The molecule has 23 heavy (non-hydrogen) atoms. The predicted molar refractivity (Wildman–Crippen MR) is 87.5 cm³/mol. The zero-order valence-electron chi connectivity index (χ0n) is 13.5. The van der Waals surface area contributed by atoms with Crippen molar-refractivity contribution in [2.75, 3.05) is 11.9 Å². The summed E-state index contributed by atoms with van der Waals surface area (Å²) in [5, 5.41) is 5.55. The van der Waals surface area contributed by atoms with Crippen molar-refractivity contribution in [3.8, 4) is 5.82 Å². The number of pyridine rings is 1. The Morgan fingerprint density at radius 3 is 2.65 bits per heavy atom. The van der Waals surface area contributed by atoms with Gasteiger partial charge in [0, 0.05) is 18.7 Å². The van der Waals surface area contributed by atoms with E-state index in [0.29, 0.717) is 23.7 Å². The lowest BCUT2D eigenvalue weighted by Gasteiger charge is -2.08. The number of carbonyl (C=O) groups excluding carboxylic acids is 2. The van der Waals surface area contributed by atoms with E-state index in [4.69, 9.17) is 0 Å². The molecule has 0 atom stereocenters. The van der Waals surface area contributed by atoms with Crippen molar-refractivity contribution in [2.45, 2.75) is 27.2 Å². The Balaban J connectivity index is 2.06. The van der Waals surface area contributed by atoms with E-state index in [1.807, 2.05) is 20.8 Å². The van der Waals surface area contributed by atoms with Crippen molar-refractivity contribution >= 4 is 17.5 Å². The van der Waals surface area contributed by atoms with Gasteiger partial charge in [0.25, 0.3) is 5.91 Å². The molecule has 2 aromatic rings. The van der Waals surface area contributed by atoms with Gasteiger partial charge in [-0.25, -0.2) is 9.97 Å². The molecule has 122 valence electrons. The van der Waals surface area contributed by atoms with Gasteiger partial charge in [-0.3, -0.25) is 14.2 Å².